The van der Waals surface area contributed by atoms with Crippen LogP contribution in [0.4, 0.5) is 0 Å². The maximum atomic E-state index is 11.9. The highest BCUT2D eigenvalue weighted by atomic mass is 16.3. The molecule has 2 rings (SSSR count). The van der Waals surface area contributed by atoms with Gasteiger partial charge in [0.1, 0.15) is 6.10 Å². The van der Waals surface area contributed by atoms with Gasteiger partial charge in [-0.05, 0) is 30.6 Å². The fraction of sp³-hybridized carbons (Fsp3) is 0.750. The quantitative estimate of drug-likeness (QED) is 0.598. The highest BCUT2D eigenvalue weighted by Gasteiger charge is 2.45. The second kappa shape index (κ2) is 3.20. The second-order valence-corrected chi connectivity index (χ2v) is 5.26. The number of Topliss-reactive ketones (excluding diaryl/α,β-unsaturated/α-hetero) is 1. The minimum atomic E-state index is -0.706. The normalized spacial score (nSPS) is 40.8. The molecule has 1 N–H and O–H groups in total. The van der Waals surface area contributed by atoms with E-state index in [0.29, 0.717) is 12.3 Å². The molecule has 1 fully saturated rings. The summed E-state index contributed by atoms with van der Waals surface area (Å²) in [6.45, 7) is 4.26. The number of hydrogen-bond donors (Lipinski definition) is 1. The van der Waals surface area contributed by atoms with E-state index in [-0.39, 0.29) is 17.1 Å². The third-order valence-corrected chi connectivity index (χ3v) is 3.71. The van der Waals surface area contributed by atoms with E-state index in [1.54, 1.807) is 0 Å². The SMILES string of the molecule is CC1(C)CC=CC2CCC(O)C(=O)C21. The molecule has 0 aromatic rings. The third-order valence-electron chi connectivity index (χ3n) is 3.71. The Morgan fingerprint density at radius 1 is 1.43 bits per heavy atom. The standard InChI is InChI=1S/C12H18O2/c1-12(2)7-3-4-8-5-6-9(13)11(14)10(8)12/h3-4,8-10,13H,5-7H2,1-2H3. The number of hydrogen-bond acceptors (Lipinski definition) is 2. The molecule has 2 aliphatic rings. The van der Waals surface area contributed by atoms with Gasteiger partial charge in [-0.15, -0.1) is 0 Å². The summed E-state index contributed by atoms with van der Waals surface area (Å²) in [5.41, 5.74) is 0.0257. The summed E-state index contributed by atoms with van der Waals surface area (Å²) in [5, 5.41) is 9.58. The van der Waals surface area contributed by atoms with Crippen LogP contribution in [0.3, 0.4) is 0 Å². The largest absolute Gasteiger partial charge is 0.385 e. The molecule has 0 amide bonds. The Bertz CT molecular complexity index is 278. The van der Waals surface area contributed by atoms with Gasteiger partial charge in [-0.25, -0.2) is 0 Å². The lowest BCUT2D eigenvalue weighted by Crippen LogP contribution is -2.46. The van der Waals surface area contributed by atoms with Gasteiger partial charge in [-0.2, -0.15) is 0 Å². The Labute approximate surface area is 85.0 Å². The Hall–Kier alpha value is -0.630. The minimum absolute atomic E-state index is 0.0257. The average molecular weight is 194 g/mol. The highest BCUT2D eigenvalue weighted by Crippen LogP contribution is 2.45. The molecule has 0 aromatic heterocycles. The first kappa shape index (κ1) is 9.91. The molecular weight excluding hydrogens is 176 g/mol. The number of carbonyl (C=O) groups is 1. The lowest BCUT2D eigenvalue weighted by Gasteiger charge is -2.43. The smallest absolute Gasteiger partial charge is 0.165 e. The Balaban J connectivity index is 2.31. The number of aliphatic hydroxyl groups is 1. The van der Waals surface area contributed by atoms with E-state index in [4.69, 9.17) is 0 Å². The van der Waals surface area contributed by atoms with Crippen LogP contribution in [-0.4, -0.2) is 17.0 Å². The molecule has 0 aromatic carbocycles. The molecule has 2 nitrogen and oxygen atoms in total. The number of fused-ring (bicyclic) bond motifs is 1. The minimum Gasteiger partial charge on any atom is -0.385 e. The van der Waals surface area contributed by atoms with Crippen molar-refractivity contribution in [1.82, 2.24) is 0 Å². The molecule has 2 heteroatoms. The summed E-state index contributed by atoms with van der Waals surface area (Å²) in [6.07, 6.45) is 6.19. The summed E-state index contributed by atoms with van der Waals surface area (Å²) >= 11 is 0. The molecule has 78 valence electrons. The monoisotopic (exact) mass is 194 g/mol. The summed E-state index contributed by atoms with van der Waals surface area (Å²) in [7, 11) is 0. The summed E-state index contributed by atoms with van der Waals surface area (Å²) < 4.78 is 0. The van der Waals surface area contributed by atoms with Crippen LogP contribution in [0, 0.1) is 17.3 Å². The van der Waals surface area contributed by atoms with Gasteiger partial charge in [0.15, 0.2) is 5.78 Å². The van der Waals surface area contributed by atoms with Gasteiger partial charge in [0.05, 0.1) is 0 Å². The van der Waals surface area contributed by atoms with Crippen molar-refractivity contribution >= 4 is 5.78 Å². The van der Waals surface area contributed by atoms with Gasteiger partial charge in [0.25, 0.3) is 0 Å². The zero-order chi connectivity index (χ0) is 10.3. The van der Waals surface area contributed by atoms with Crippen LogP contribution in [-0.2, 0) is 4.79 Å². The van der Waals surface area contributed by atoms with Gasteiger partial charge in [0, 0.05) is 5.92 Å². The predicted octanol–water partition coefficient (Wildman–Crippen LogP) is 1.93. The first-order valence-corrected chi connectivity index (χ1v) is 5.41. The number of carbonyl (C=O) groups excluding carboxylic acids is 1. The van der Waals surface area contributed by atoms with Gasteiger partial charge in [-0.1, -0.05) is 26.0 Å². The fourth-order valence-electron chi connectivity index (χ4n) is 2.92. The molecule has 0 bridgehead atoms. The molecular formula is C12H18O2. The van der Waals surface area contributed by atoms with Crippen LogP contribution in [0.1, 0.15) is 33.1 Å². The highest BCUT2D eigenvalue weighted by molar-refractivity contribution is 5.87. The molecule has 1 saturated carbocycles. The predicted molar refractivity (Wildman–Crippen MR) is 54.8 cm³/mol. The van der Waals surface area contributed by atoms with E-state index in [1.807, 2.05) is 0 Å². The van der Waals surface area contributed by atoms with E-state index in [1.165, 1.54) is 0 Å². The zero-order valence-electron chi connectivity index (χ0n) is 8.86. The lowest BCUT2D eigenvalue weighted by molar-refractivity contribution is -0.141. The Kier molecular flexibility index (Phi) is 2.26. The fourth-order valence-corrected chi connectivity index (χ4v) is 2.92. The number of ketones is 1. The van der Waals surface area contributed by atoms with Crippen LogP contribution < -0.4 is 0 Å². The van der Waals surface area contributed by atoms with E-state index >= 15 is 0 Å². The van der Waals surface area contributed by atoms with Gasteiger partial charge >= 0.3 is 0 Å². The second-order valence-electron chi connectivity index (χ2n) is 5.26. The van der Waals surface area contributed by atoms with Crippen LogP contribution in [0.15, 0.2) is 12.2 Å². The van der Waals surface area contributed by atoms with Crippen molar-refractivity contribution < 1.29 is 9.90 Å². The average Bonchev–Trinajstić information content (AvgIpc) is 2.10. The van der Waals surface area contributed by atoms with E-state index in [2.05, 4.69) is 26.0 Å². The molecule has 0 spiro atoms. The van der Waals surface area contributed by atoms with Crippen molar-refractivity contribution in [3.05, 3.63) is 12.2 Å². The molecule has 0 heterocycles. The van der Waals surface area contributed by atoms with Crippen LogP contribution >= 0.6 is 0 Å². The number of allylic oxidation sites excluding steroid dienone is 2. The third kappa shape index (κ3) is 1.42. The number of aliphatic hydroxyl groups excluding tert-OH is 1. The first-order valence-electron chi connectivity index (χ1n) is 5.41. The van der Waals surface area contributed by atoms with Crippen LogP contribution in [0.2, 0.25) is 0 Å². The lowest BCUT2D eigenvalue weighted by atomic mass is 9.60. The van der Waals surface area contributed by atoms with Crippen LogP contribution in [0.5, 0.6) is 0 Å². The van der Waals surface area contributed by atoms with Gasteiger partial charge in [-0.3, -0.25) is 4.79 Å². The maximum Gasteiger partial charge on any atom is 0.165 e. The topological polar surface area (TPSA) is 37.3 Å². The summed E-state index contributed by atoms with van der Waals surface area (Å²) in [5.74, 6) is 0.474. The number of rotatable bonds is 0. The summed E-state index contributed by atoms with van der Waals surface area (Å²) in [4.78, 5) is 11.9. The molecule has 0 saturated heterocycles. The summed E-state index contributed by atoms with van der Waals surface area (Å²) in [6, 6.07) is 0. The van der Waals surface area contributed by atoms with Crippen molar-refractivity contribution in [1.29, 1.82) is 0 Å². The maximum absolute atomic E-state index is 11.9. The molecule has 0 radical (unpaired) electrons. The van der Waals surface area contributed by atoms with Gasteiger partial charge < -0.3 is 5.11 Å². The van der Waals surface area contributed by atoms with Crippen molar-refractivity contribution in [3.63, 3.8) is 0 Å². The van der Waals surface area contributed by atoms with E-state index in [0.717, 1.165) is 12.8 Å². The van der Waals surface area contributed by atoms with Crippen molar-refractivity contribution in [2.24, 2.45) is 17.3 Å². The molecule has 14 heavy (non-hydrogen) atoms. The molecule has 2 aliphatic carbocycles. The van der Waals surface area contributed by atoms with Crippen molar-refractivity contribution in [2.45, 2.75) is 39.2 Å². The van der Waals surface area contributed by atoms with Crippen molar-refractivity contribution in [3.8, 4) is 0 Å². The first-order chi connectivity index (χ1) is 6.52. The van der Waals surface area contributed by atoms with E-state index < -0.39 is 6.10 Å². The Morgan fingerprint density at radius 2 is 2.14 bits per heavy atom. The zero-order valence-corrected chi connectivity index (χ0v) is 8.86. The molecule has 3 atom stereocenters. The van der Waals surface area contributed by atoms with E-state index in [9.17, 15) is 9.90 Å². The molecule has 0 aliphatic heterocycles. The molecule has 3 unspecified atom stereocenters. The van der Waals surface area contributed by atoms with Crippen LogP contribution in [0.25, 0.3) is 0 Å². The Morgan fingerprint density at radius 3 is 2.86 bits per heavy atom. The van der Waals surface area contributed by atoms with Crippen molar-refractivity contribution in [2.75, 3.05) is 0 Å². The van der Waals surface area contributed by atoms with Gasteiger partial charge in [0.2, 0.25) is 0 Å².